The highest BCUT2D eigenvalue weighted by Gasteiger charge is 2.16. The van der Waals surface area contributed by atoms with E-state index in [0.717, 1.165) is 6.07 Å². The summed E-state index contributed by atoms with van der Waals surface area (Å²) in [5, 5.41) is 9.02. The molecule has 0 fully saturated rings. The molecule has 0 amide bonds. The van der Waals surface area contributed by atoms with Crippen LogP contribution in [0.15, 0.2) is 10.7 Å². The summed E-state index contributed by atoms with van der Waals surface area (Å²) < 4.78 is 24.2. The lowest BCUT2D eigenvalue weighted by molar-refractivity contribution is 0.111. The van der Waals surface area contributed by atoms with Crippen molar-refractivity contribution in [3.8, 4) is 5.75 Å². The maximum absolute atomic E-state index is 12.2. The third-order valence-corrected chi connectivity index (χ3v) is 1.99. The standard InChI is InChI=1S/C7H4BrF2NO2/c8-6-3(7(9)10)1-5(13)4(2-12)11-6/h1-2,7,13H. The van der Waals surface area contributed by atoms with Crippen molar-refractivity contribution < 1.29 is 18.7 Å². The zero-order valence-corrected chi connectivity index (χ0v) is 7.75. The predicted octanol–water partition coefficient (Wildman–Crippen LogP) is 2.30. The lowest BCUT2D eigenvalue weighted by Crippen LogP contribution is -1.94. The van der Waals surface area contributed by atoms with E-state index < -0.39 is 17.7 Å². The fraction of sp³-hybridized carbons (Fsp3) is 0.143. The van der Waals surface area contributed by atoms with Crippen molar-refractivity contribution in [2.24, 2.45) is 0 Å². The minimum absolute atomic E-state index is 0.137. The van der Waals surface area contributed by atoms with Crippen LogP contribution in [0.3, 0.4) is 0 Å². The number of alkyl halides is 2. The van der Waals surface area contributed by atoms with Crippen LogP contribution < -0.4 is 0 Å². The van der Waals surface area contributed by atoms with Crippen LogP contribution in [-0.4, -0.2) is 16.4 Å². The molecule has 0 spiro atoms. The first kappa shape index (κ1) is 10.0. The maximum atomic E-state index is 12.2. The Morgan fingerprint density at radius 1 is 1.62 bits per heavy atom. The van der Waals surface area contributed by atoms with Gasteiger partial charge in [0.1, 0.15) is 16.0 Å². The van der Waals surface area contributed by atoms with E-state index in [9.17, 15) is 13.6 Å². The number of aromatic nitrogens is 1. The highest BCUT2D eigenvalue weighted by molar-refractivity contribution is 9.10. The Labute approximate surface area is 80.5 Å². The molecule has 1 aromatic rings. The molecule has 1 N–H and O–H groups in total. The summed E-state index contributed by atoms with van der Waals surface area (Å²) in [6.07, 6.45) is -2.46. The highest BCUT2D eigenvalue weighted by atomic mass is 79.9. The van der Waals surface area contributed by atoms with Crippen LogP contribution in [0.1, 0.15) is 22.5 Å². The van der Waals surface area contributed by atoms with Crippen LogP contribution in [0.25, 0.3) is 0 Å². The second-order valence-electron chi connectivity index (χ2n) is 2.19. The summed E-state index contributed by atoms with van der Waals surface area (Å²) in [4.78, 5) is 13.7. The molecule has 0 atom stereocenters. The Morgan fingerprint density at radius 2 is 2.23 bits per heavy atom. The average Bonchev–Trinajstić information content (AvgIpc) is 2.07. The van der Waals surface area contributed by atoms with Gasteiger partial charge in [0.2, 0.25) is 0 Å². The second kappa shape index (κ2) is 3.78. The smallest absolute Gasteiger partial charge is 0.266 e. The van der Waals surface area contributed by atoms with Gasteiger partial charge in [0.25, 0.3) is 6.43 Å². The monoisotopic (exact) mass is 251 g/mol. The normalized spacial score (nSPS) is 10.5. The van der Waals surface area contributed by atoms with E-state index in [1.54, 1.807) is 0 Å². The van der Waals surface area contributed by atoms with Crippen molar-refractivity contribution in [2.45, 2.75) is 6.43 Å². The van der Waals surface area contributed by atoms with Gasteiger partial charge < -0.3 is 5.11 Å². The van der Waals surface area contributed by atoms with Crippen molar-refractivity contribution in [2.75, 3.05) is 0 Å². The Balaban J connectivity index is 3.28. The van der Waals surface area contributed by atoms with Crippen LogP contribution in [0.5, 0.6) is 5.75 Å². The zero-order valence-electron chi connectivity index (χ0n) is 6.17. The molecular formula is C7H4BrF2NO2. The summed E-state index contributed by atoms with van der Waals surface area (Å²) in [5.74, 6) is -0.548. The molecule has 1 aromatic heterocycles. The average molecular weight is 252 g/mol. The van der Waals surface area contributed by atoms with Gasteiger partial charge >= 0.3 is 0 Å². The quantitative estimate of drug-likeness (QED) is 0.648. The van der Waals surface area contributed by atoms with Crippen LogP contribution in [0.4, 0.5) is 8.78 Å². The number of carbonyl (C=O) groups excluding carboxylic acids is 1. The topological polar surface area (TPSA) is 50.2 Å². The molecule has 1 heterocycles. The molecule has 6 heteroatoms. The van der Waals surface area contributed by atoms with Gasteiger partial charge in [-0.15, -0.1) is 0 Å². The lowest BCUT2D eigenvalue weighted by atomic mass is 10.2. The number of aldehydes is 1. The molecule has 0 aliphatic heterocycles. The fourth-order valence-corrected chi connectivity index (χ4v) is 1.23. The van der Waals surface area contributed by atoms with Crippen molar-refractivity contribution in [1.29, 1.82) is 0 Å². The van der Waals surface area contributed by atoms with E-state index in [-0.39, 0.29) is 16.6 Å². The van der Waals surface area contributed by atoms with Crippen molar-refractivity contribution >= 4 is 22.2 Å². The third-order valence-electron chi connectivity index (χ3n) is 1.36. The minimum Gasteiger partial charge on any atom is -0.506 e. The fourth-order valence-electron chi connectivity index (χ4n) is 0.748. The number of carbonyl (C=O) groups is 1. The van der Waals surface area contributed by atoms with E-state index in [0.29, 0.717) is 0 Å². The van der Waals surface area contributed by atoms with Crippen molar-refractivity contribution in [1.82, 2.24) is 4.98 Å². The predicted molar refractivity (Wildman–Crippen MR) is 43.9 cm³/mol. The van der Waals surface area contributed by atoms with Gasteiger partial charge in [-0.2, -0.15) is 0 Å². The van der Waals surface area contributed by atoms with Gasteiger partial charge in [-0.3, -0.25) is 4.79 Å². The molecular weight excluding hydrogens is 248 g/mol. The number of pyridine rings is 1. The number of halogens is 3. The molecule has 0 bridgehead atoms. The number of nitrogens with zero attached hydrogens (tertiary/aromatic N) is 1. The Kier molecular flexibility index (Phi) is 2.92. The molecule has 0 saturated heterocycles. The Hall–Kier alpha value is -1.04. The second-order valence-corrected chi connectivity index (χ2v) is 2.94. The van der Waals surface area contributed by atoms with E-state index in [1.807, 2.05) is 0 Å². The van der Waals surface area contributed by atoms with Crippen LogP contribution in [0, 0.1) is 0 Å². The molecule has 0 saturated carbocycles. The molecule has 0 radical (unpaired) electrons. The first-order valence-electron chi connectivity index (χ1n) is 3.19. The number of rotatable bonds is 2. The first-order valence-corrected chi connectivity index (χ1v) is 3.98. The van der Waals surface area contributed by atoms with Crippen LogP contribution >= 0.6 is 15.9 Å². The van der Waals surface area contributed by atoms with Gasteiger partial charge in [-0.05, 0) is 22.0 Å². The molecule has 70 valence electrons. The summed E-state index contributed by atoms with van der Waals surface area (Å²) in [5.41, 5.74) is -0.709. The maximum Gasteiger partial charge on any atom is 0.266 e. The van der Waals surface area contributed by atoms with E-state index in [2.05, 4.69) is 20.9 Å². The van der Waals surface area contributed by atoms with Crippen LogP contribution in [-0.2, 0) is 0 Å². The largest absolute Gasteiger partial charge is 0.506 e. The van der Waals surface area contributed by atoms with Gasteiger partial charge in [0.05, 0.1) is 5.56 Å². The molecule has 1 rings (SSSR count). The SMILES string of the molecule is O=Cc1nc(Br)c(C(F)F)cc1O. The number of aromatic hydroxyl groups is 1. The van der Waals surface area contributed by atoms with Gasteiger partial charge in [-0.25, -0.2) is 13.8 Å². The van der Waals surface area contributed by atoms with Gasteiger partial charge in [0, 0.05) is 0 Å². The minimum atomic E-state index is -2.74. The van der Waals surface area contributed by atoms with Crippen molar-refractivity contribution in [3.05, 3.63) is 21.9 Å². The summed E-state index contributed by atoms with van der Waals surface area (Å²) in [6.45, 7) is 0. The molecule has 13 heavy (non-hydrogen) atoms. The third kappa shape index (κ3) is 2.00. The van der Waals surface area contributed by atoms with Crippen molar-refractivity contribution in [3.63, 3.8) is 0 Å². The summed E-state index contributed by atoms with van der Waals surface area (Å²) in [6, 6.07) is 0.811. The lowest BCUT2D eigenvalue weighted by Gasteiger charge is -2.04. The number of hydrogen-bond donors (Lipinski definition) is 1. The molecule has 0 aliphatic rings. The summed E-state index contributed by atoms with van der Waals surface area (Å²) in [7, 11) is 0. The van der Waals surface area contributed by atoms with Crippen LogP contribution in [0.2, 0.25) is 0 Å². The van der Waals surface area contributed by atoms with E-state index >= 15 is 0 Å². The molecule has 0 aromatic carbocycles. The first-order chi connectivity index (χ1) is 6.06. The van der Waals surface area contributed by atoms with Gasteiger partial charge in [0.15, 0.2) is 6.29 Å². The summed E-state index contributed by atoms with van der Waals surface area (Å²) >= 11 is 2.76. The van der Waals surface area contributed by atoms with E-state index in [4.69, 9.17) is 5.11 Å². The highest BCUT2D eigenvalue weighted by Crippen LogP contribution is 2.29. The molecule has 0 aliphatic carbocycles. The van der Waals surface area contributed by atoms with Gasteiger partial charge in [-0.1, -0.05) is 0 Å². The number of hydrogen-bond acceptors (Lipinski definition) is 3. The molecule has 3 nitrogen and oxygen atoms in total. The zero-order chi connectivity index (χ0) is 10.0. The Morgan fingerprint density at radius 3 is 2.69 bits per heavy atom. The van der Waals surface area contributed by atoms with E-state index in [1.165, 1.54) is 0 Å². The Bertz CT molecular complexity index is 344. The molecule has 0 unspecified atom stereocenters.